The fourth-order valence-corrected chi connectivity index (χ4v) is 7.10. The molecule has 0 unspecified atom stereocenters. The lowest BCUT2D eigenvalue weighted by Crippen LogP contribution is -3.00. The van der Waals surface area contributed by atoms with Gasteiger partial charge in [-0.05, 0) is 12.5 Å². The molecule has 20 heteroatoms. The monoisotopic (exact) mass is 746 g/mol. The standard InChI is InChI=1S/C24H32Cl2N8O2S2.C2HF3O2.ClH/c1-37-23-27-19(25)17(15-35)21(29-23)31-3-7-33(8-4-31)11-13-34(14-12-33)9-5-32(6-10-34)22-18(16-36)20(26)28-24(30-22)38-2;3-2(4,5)1(6)7;/h15-16H,3-14H2,1-2H3;(H,6,7);1H/q+2;;/p-2. The molecule has 3 aliphatic rings. The highest BCUT2D eigenvalue weighted by Crippen LogP contribution is 2.31. The van der Waals surface area contributed by atoms with Crippen LogP contribution in [0.5, 0.6) is 0 Å². The fourth-order valence-electron chi connectivity index (χ4n) is 5.86. The molecular formula is C26H32Cl3F3N8O4S2. The fraction of sp³-hybridized carbons (Fsp3) is 0.577. The maximum Gasteiger partial charge on any atom is 0.430 e. The average Bonchev–Trinajstić information content (AvgIpc) is 3.02. The van der Waals surface area contributed by atoms with E-state index in [2.05, 4.69) is 29.7 Å². The van der Waals surface area contributed by atoms with Crippen LogP contribution in [0.3, 0.4) is 0 Å². The van der Waals surface area contributed by atoms with E-state index in [1.165, 1.54) is 23.5 Å². The quantitative estimate of drug-likeness (QED) is 0.117. The van der Waals surface area contributed by atoms with Gasteiger partial charge in [0.2, 0.25) is 0 Å². The molecule has 2 spiro atoms. The molecule has 0 aliphatic carbocycles. The third-order valence-corrected chi connectivity index (χ3v) is 10.3. The molecule has 0 atom stereocenters. The van der Waals surface area contributed by atoms with Gasteiger partial charge in [0.1, 0.15) is 54.1 Å². The summed E-state index contributed by atoms with van der Waals surface area (Å²) in [7, 11) is 0. The minimum absolute atomic E-state index is 0. The lowest BCUT2D eigenvalue weighted by atomic mass is 10.1. The Bertz CT molecular complexity index is 1320. The van der Waals surface area contributed by atoms with Gasteiger partial charge in [0.25, 0.3) is 0 Å². The second kappa shape index (κ2) is 15.8. The first-order chi connectivity index (χ1) is 21.3. The van der Waals surface area contributed by atoms with E-state index in [0.717, 1.165) is 100 Å². The molecule has 5 heterocycles. The third kappa shape index (κ3) is 8.65. The van der Waals surface area contributed by atoms with Crippen molar-refractivity contribution in [3.8, 4) is 0 Å². The molecule has 3 aliphatic heterocycles. The molecule has 3 saturated heterocycles. The van der Waals surface area contributed by atoms with Gasteiger partial charge in [-0.15, -0.1) is 0 Å². The van der Waals surface area contributed by atoms with Gasteiger partial charge in [0.15, 0.2) is 22.9 Å². The van der Waals surface area contributed by atoms with Crippen LogP contribution in [0.4, 0.5) is 24.8 Å². The van der Waals surface area contributed by atoms with Crippen molar-refractivity contribution in [1.29, 1.82) is 0 Å². The van der Waals surface area contributed by atoms with Crippen molar-refractivity contribution in [2.24, 2.45) is 0 Å². The minimum Gasteiger partial charge on any atom is -1.00 e. The predicted molar refractivity (Wildman–Crippen MR) is 163 cm³/mol. The van der Waals surface area contributed by atoms with Gasteiger partial charge in [-0.1, -0.05) is 46.7 Å². The van der Waals surface area contributed by atoms with E-state index >= 15 is 0 Å². The van der Waals surface area contributed by atoms with Crippen molar-refractivity contribution in [2.45, 2.75) is 16.5 Å². The van der Waals surface area contributed by atoms with Crippen molar-refractivity contribution < 1.29 is 54.0 Å². The lowest BCUT2D eigenvalue weighted by Gasteiger charge is -2.54. The Kier molecular flexibility index (Phi) is 13.2. The zero-order chi connectivity index (χ0) is 33.0. The number of hydrogen-bond acceptors (Lipinski definition) is 12. The van der Waals surface area contributed by atoms with Crippen LogP contribution < -0.4 is 27.3 Å². The second-order valence-corrected chi connectivity index (χ2v) is 13.2. The van der Waals surface area contributed by atoms with Crippen molar-refractivity contribution in [3.05, 3.63) is 21.4 Å². The van der Waals surface area contributed by atoms with Gasteiger partial charge in [-0.2, -0.15) is 13.2 Å². The minimum atomic E-state index is -5.19. The Morgan fingerprint density at radius 1 is 0.739 bits per heavy atom. The number of aliphatic carboxylic acids is 1. The number of anilines is 2. The van der Waals surface area contributed by atoms with Crippen LogP contribution in [0.1, 0.15) is 20.7 Å². The van der Waals surface area contributed by atoms with Crippen LogP contribution in [0, 0.1) is 0 Å². The van der Waals surface area contributed by atoms with E-state index in [0.29, 0.717) is 33.1 Å². The molecular weight excluding hydrogens is 716 g/mol. The molecule has 0 aromatic carbocycles. The van der Waals surface area contributed by atoms with Crippen LogP contribution in [0.15, 0.2) is 10.3 Å². The van der Waals surface area contributed by atoms with E-state index in [-0.39, 0.29) is 22.7 Å². The zero-order valence-electron chi connectivity index (χ0n) is 24.9. The van der Waals surface area contributed by atoms with E-state index < -0.39 is 12.1 Å². The number of carbonyl (C=O) groups excluding carboxylic acids is 3. The topological polar surface area (TPSA) is 132 Å². The van der Waals surface area contributed by atoms with Crippen LogP contribution in [0.25, 0.3) is 0 Å². The third-order valence-electron chi connectivity index (χ3n) is 8.62. The van der Waals surface area contributed by atoms with E-state index in [9.17, 15) is 22.8 Å². The number of rotatable bonds is 6. The number of carbonyl (C=O) groups is 3. The molecule has 0 amide bonds. The van der Waals surface area contributed by atoms with Crippen molar-refractivity contribution in [2.75, 3.05) is 101 Å². The first kappa shape index (κ1) is 38.3. The Morgan fingerprint density at radius 3 is 1.28 bits per heavy atom. The highest BCUT2D eigenvalue weighted by atomic mass is 35.5. The first-order valence-corrected chi connectivity index (χ1v) is 17.1. The van der Waals surface area contributed by atoms with E-state index in [1.807, 2.05) is 12.5 Å². The van der Waals surface area contributed by atoms with Crippen molar-refractivity contribution in [1.82, 2.24) is 19.9 Å². The molecule has 2 aromatic rings. The molecule has 254 valence electrons. The molecule has 2 aromatic heterocycles. The Labute approximate surface area is 288 Å². The summed E-state index contributed by atoms with van der Waals surface area (Å²) in [4.78, 5) is 54.3. The van der Waals surface area contributed by atoms with Crippen LogP contribution in [-0.2, 0) is 4.79 Å². The number of carboxylic acids is 1. The summed E-state index contributed by atoms with van der Waals surface area (Å²) in [6, 6.07) is 0. The number of hydrogen-bond donors (Lipinski definition) is 0. The summed E-state index contributed by atoms with van der Waals surface area (Å²) in [5.74, 6) is -1.70. The first-order valence-electron chi connectivity index (χ1n) is 13.9. The molecule has 0 N–H and O–H groups in total. The molecule has 3 fully saturated rings. The molecule has 0 bridgehead atoms. The zero-order valence-corrected chi connectivity index (χ0v) is 28.8. The molecule has 46 heavy (non-hydrogen) atoms. The second-order valence-electron chi connectivity index (χ2n) is 10.9. The van der Waals surface area contributed by atoms with Gasteiger partial charge in [0.05, 0.1) is 63.5 Å². The highest BCUT2D eigenvalue weighted by molar-refractivity contribution is 7.98. The number of aldehydes is 2. The summed E-state index contributed by atoms with van der Waals surface area (Å²) < 4.78 is 33.8. The van der Waals surface area contributed by atoms with Gasteiger partial charge < -0.3 is 41.1 Å². The summed E-state index contributed by atoms with van der Waals surface area (Å²) in [6.07, 6.45) is 0.156. The Balaban J connectivity index is 0.000000648. The number of carboxylic acid groups (broad SMARTS) is 1. The van der Waals surface area contributed by atoms with Gasteiger partial charge in [-0.25, -0.2) is 19.9 Å². The Hall–Kier alpha value is -2.15. The number of quaternary nitrogens is 2. The van der Waals surface area contributed by atoms with Crippen LogP contribution in [0.2, 0.25) is 10.3 Å². The SMILES string of the molecule is CSc1nc(Cl)c(C=O)c(N2CC[N+]3(CC2)CC[N+]2(CCN(c4nc(SC)nc(Cl)c4C=O)CC2)CC3)n1.O=C([O-])C(F)(F)F.[Cl-]. The van der Waals surface area contributed by atoms with Gasteiger partial charge in [0, 0.05) is 0 Å². The van der Waals surface area contributed by atoms with E-state index in [1.54, 1.807) is 0 Å². The summed E-state index contributed by atoms with van der Waals surface area (Å²) in [5.41, 5.74) is 0.762. The van der Waals surface area contributed by atoms with Crippen molar-refractivity contribution in [3.63, 3.8) is 0 Å². The van der Waals surface area contributed by atoms with Crippen LogP contribution in [-0.4, -0.2) is 145 Å². The highest BCUT2D eigenvalue weighted by Gasteiger charge is 2.46. The average molecular weight is 748 g/mol. The lowest BCUT2D eigenvalue weighted by molar-refractivity contribution is -1.03. The number of alkyl halides is 3. The number of nitrogens with zero attached hydrogens (tertiary/aromatic N) is 8. The van der Waals surface area contributed by atoms with Crippen molar-refractivity contribution >= 4 is 76.9 Å². The maximum absolute atomic E-state index is 11.7. The molecule has 0 saturated carbocycles. The number of halogens is 6. The largest absolute Gasteiger partial charge is 1.00 e. The smallest absolute Gasteiger partial charge is 0.430 e. The number of piperazine rings is 3. The van der Waals surface area contributed by atoms with Gasteiger partial charge >= 0.3 is 6.18 Å². The van der Waals surface area contributed by atoms with Gasteiger partial charge in [-0.3, -0.25) is 9.59 Å². The molecule has 0 radical (unpaired) electrons. The summed E-state index contributed by atoms with van der Waals surface area (Å²) in [6.45, 7) is 12.1. The predicted octanol–water partition coefficient (Wildman–Crippen LogP) is -1.07. The maximum atomic E-state index is 11.7. The summed E-state index contributed by atoms with van der Waals surface area (Å²) in [5, 5.41) is 10.4. The van der Waals surface area contributed by atoms with E-state index in [4.69, 9.17) is 33.1 Å². The normalized spacial score (nSPS) is 18.8. The number of aromatic nitrogens is 4. The summed E-state index contributed by atoms with van der Waals surface area (Å²) >= 11 is 15.4. The number of thioether (sulfide) groups is 2. The Morgan fingerprint density at radius 2 is 1.04 bits per heavy atom. The molecule has 12 nitrogen and oxygen atoms in total. The molecule has 5 rings (SSSR count). The van der Waals surface area contributed by atoms with Crippen LogP contribution >= 0.6 is 46.7 Å².